The molecule has 1 aliphatic rings. The SMILES string of the molecule is CC1=CC(C)=NC(C(C)C)C1C. The number of hydrogen-bond acceptors (Lipinski definition) is 1. The van der Waals surface area contributed by atoms with Crippen LogP contribution in [0.5, 0.6) is 0 Å². The van der Waals surface area contributed by atoms with E-state index >= 15 is 0 Å². The van der Waals surface area contributed by atoms with Crippen LogP contribution in [0.1, 0.15) is 34.6 Å². The zero-order valence-electron chi connectivity index (χ0n) is 8.76. The lowest BCUT2D eigenvalue weighted by atomic mass is 9.85. The van der Waals surface area contributed by atoms with Gasteiger partial charge in [0.25, 0.3) is 0 Å². The molecule has 0 aromatic carbocycles. The number of hydrogen-bond donors (Lipinski definition) is 0. The summed E-state index contributed by atoms with van der Waals surface area (Å²) in [4.78, 5) is 4.65. The van der Waals surface area contributed by atoms with Crippen molar-refractivity contribution in [1.82, 2.24) is 0 Å². The van der Waals surface area contributed by atoms with Crippen LogP contribution in [0.15, 0.2) is 16.6 Å². The van der Waals surface area contributed by atoms with Gasteiger partial charge in [0.15, 0.2) is 0 Å². The Morgan fingerprint density at radius 2 is 1.92 bits per heavy atom. The molecule has 2 unspecified atom stereocenters. The molecule has 0 radical (unpaired) electrons. The lowest BCUT2D eigenvalue weighted by molar-refractivity contribution is 0.400. The summed E-state index contributed by atoms with van der Waals surface area (Å²) in [5.41, 5.74) is 2.66. The average molecular weight is 165 g/mol. The molecular formula is C11H19N. The highest BCUT2D eigenvalue weighted by Crippen LogP contribution is 2.26. The van der Waals surface area contributed by atoms with Gasteiger partial charge in [0.05, 0.1) is 6.04 Å². The maximum Gasteiger partial charge on any atom is 0.0588 e. The van der Waals surface area contributed by atoms with Crippen LogP contribution in [0.3, 0.4) is 0 Å². The minimum absolute atomic E-state index is 0.495. The molecule has 2 atom stereocenters. The Bertz CT molecular complexity index is 223. The fourth-order valence-corrected chi connectivity index (χ4v) is 1.84. The van der Waals surface area contributed by atoms with E-state index in [1.807, 2.05) is 0 Å². The van der Waals surface area contributed by atoms with Crippen LogP contribution in [-0.2, 0) is 0 Å². The van der Waals surface area contributed by atoms with E-state index in [-0.39, 0.29) is 0 Å². The summed E-state index contributed by atoms with van der Waals surface area (Å²) in [5.74, 6) is 1.27. The van der Waals surface area contributed by atoms with Gasteiger partial charge in [0, 0.05) is 5.71 Å². The van der Waals surface area contributed by atoms with E-state index in [0.717, 1.165) is 0 Å². The summed E-state index contributed by atoms with van der Waals surface area (Å²) in [7, 11) is 0. The molecule has 0 saturated heterocycles. The molecule has 1 heterocycles. The van der Waals surface area contributed by atoms with Gasteiger partial charge < -0.3 is 0 Å². The highest BCUT2D eigenvalue weighted by Gasteiger charge is 2.23. The number of rotatable bonds is 1. The van der Waals surface area contributed by atoms with Crippen LogP contribution >= 0.6 is 0 Å². The lowest BCUT2D eigenvalue weighted by Gasteiger charge is -2.28. The highest BCUT2D eigenvalue weighted by atomic mass is 14.8. The van der Waals surface area contributed by atoms with Crippen LogP contribution in [0.2, 0.25) is 0 Å². The van der Waals surface area contributed by atoms with Crippen molar-refractivity contribution in [3.63, 3.8) is 0 Å². The highest BCUT2D eigenvalue weighted by molar-refractivity contribution is 5.94. The number of dihydropyridines is 1. The van der Waals surface area contributed by atoms with Crippen molar-refractivity contribution < 1.29 is 0 Å². The standard InChI is InChI=1S/C11H19N/c1-7(2)11-10(5)8(3)6-9(4)12-11/h6-7,10-11H,1-5H3. The third-order valence-corrected chi connectivity index (χ3v) is 2.70. The fraction of sp³-hybridized carbons (Fsp3) is 0.727. The molecule has 1 aliphatic heterocycles. The second-order valence-electron chi connectivity index (χ2n) is 4.18. The molecule has 0 saturated carbocycles. The molecule has 68 valence electrons. The van der Waals surface area contributed by atoms with E-state index in [2.05, 4.69) is 45.7 Å². The minimum atomic E-state index is 0.495. The number of aliphatic imine (C=N–C) groups is 1. The third kappa shape index (κ3) is 1.77. The van der Waals surface area contributed by atoms with Gasteiger partial charge in [0.2, 0.25) is 0 Å². The molecule has 1 rings (SSSR count). The van der Waals surface area contributed by atoms with Gasteiger partial charge in [0.1, 0.15) is 0 Å². The van der Waals surface area contributed by atoms with Gasteiger partial charge in [-0.3, -0.25) is 4.99 Å². The molecule has 0 aromatic heterocycles. The second-order valence-corrected chi connectivity index (χ2v) is 4.18. The largest absolute Gasteiger partial charge is 0.286 e. The summed E-state index contributed by atoms with van der Waals surface area (Å²) in [6.07, 6.45) is 2.20. The molecular weight excluding hydrogens is 146 g/mol. The summed E-state index contributed by atoms with van der Waals surface area (Å²) >= 11 is 0. The van der Waals surface area contributed by atoms with Crippen LogP contribution in [0, 0.1) is 11.8 Å². The smallest absolute Gasteiger partial charge is 0.0588 e. The molecule has 12 heavy (non-hydrogen) atoms. The average Bonchev–Trinajstić information content (AvgIpc) is 1.96. The first-order valence-corrected chi connectivity index (χ1v) is 4.75. The molecule has 0 spiro atoms. The molecule has 0 amide bonds. The Morgan fingerprint density at radius 3 is 2.42 bits per heavy atom. The van der Waals surface area contributed by atoms with Gasteiger partial charge in [-0.15, -0.1) is 0 Å². The topological polar surface area (TPSA) is 12.4 Å². The summed E-state index contributed by atoms with van der Waals surface area (Å²) in [6.45, 7) is 11.1. The van der Waals surface area contributed by atoms with Crippen LogP contribution in [0.4, 0.5) is 0 Å². The molecule has 0 bridgehead atoms. The first-order valence-electron chi connectivity index (χ1n) is 4.75. The van der Waals surface area contributed by atoms with Crippen LogP contribution < -0.4 is 0 Å². The zero-order chi connectivity index (χ0) is 9.30. The zero-order valence-corrected chi connectivity index (χ0v) is 8.76. The summed E-state index contributed by atoms with van der Waals surface area (Å²) in [6, 6.07) is 0.495. The maximum atomic E-state index is 4.65. The van der Waals surface area contributed by atoms with Crippen molar-refractivity contribution in [2.75, 3.05) is 0 Å². The van der Waals surface area contributed by atoms with E-state index in [9.17, 15) is 0 Å². The molecule has 1 nitrogen and oxygen atoms in total. The normalized spacial score (nSPS) is 30.2. The predicted octanol–water partition coefficient (Wildman–Crippen LogP) is 3.07. The Kier molecular flexibility index (Phi) is 2.71. The minimum Gasteiger partial charge on any atom is -0.286 e. The van der Waals surface area contributed by atoms with E-state index in [1.165, 1.54) is 11.3 Å². The third-order valence-electron chi connectivity index (χ3n) is 2.70. The number of nitrogens with zero attached hydrogens (tertiary/aromatic N) is 1. The summed E-state index contributed by atoms with van der Waals surface area (Å²) in [5, 5.41) is 0. The monoisotopic (exact) mass is 165 g/mol. The van der Waals surface area contributed by atoms with E-state index in [0.29, 0.717) is 17.9 Å². The Hall–Kier alpha value is -0.590. The molecule has 1 heteroatoms. The van der Waals surface area contributed by atoms with Gasteiger partial charge in [-0.05, 0) is 31.8 Å². The summed E-state index contributed by atoms with van der Waals surface area (Å²) < 4.78 is 0. The van der Waals surface area contributed by atoms with Crippen molar-refractivity contribution in [2.45, 2.75) is 40.7 Å². The Balaban J connectivity index is 2.86. The number of allylic oxidation sites excluding steroid dienone is 1. The first kappa shape index (κ1) is 9.50. The maximum absolute atomic E-state index is 4.65. The Labute approximate surface area is 75.6 Å². The van der Waals surface area contributed by atoms with Crippen molar-refractivity contribution in [3.05, 3.63) is 11.6 Å². The van der Waals surface area contributed by atoms with Gasteiger partial charge in [-0.25, -0.2) is 0 Å². The predicted molar refractivity (Wildman–Crippen MR) is 54.7 cm³/mol. The van der Waals surface area contributed by atoms with Gasteiger partial charge in [-0.2, -0.15) is 0 Å². The first-order chi connectivity index (χ1) is 5.52. The van der Waals surface area contributed by atoms with Gasteiger partial charge >= 0.3 is 0 Å². The molecule has 0 aliphatic carbocycles. The van der Waals surface area contributed by atoms with E-state index in [4.69, 9.17) is 0 Å². The quantitative estimate of drug-likeness (QED) is 0.566. The lowest BCUT2D eigenvalue weighted by Crippen LogP contribution is -2.27. The van der Waals surface area contributed by atoms with Crippen molar-refractivity contribution >= 4 is 5.71 Å². The Morgan fingerprint density at radius 1 is 1.33 bits per heavy atom. The molecule has 0 N–H and O–H groups in total. The van der Waals surface area contributed by atoms with Crippen molar-refractivity contribution in [3.8, 4) is 0 Å². The van der Waals surface area contributed by atoms with Crippen molar-refractivity contribution in [2.24, 2.45) is 16.8 Å². The second kappa shape index (κ2) is 3.42. The van der Waals surface area contributed by atoms with Crippen LogP contribution in [0.25, 0.3) is 0 Å². The van der Waals surface area contributed by atoms with Gasteiger partial charge in [-0.1, -0.05) is 26.3 Å². The van der Waals surface area contributed by atoms with E-state index < -0.39 is 0 Å². The van der Waals surface area contributed by atoms with Crippen LogP contribution in [-0.4, -0.2) is 11.8 Å². The van der Waals surface area contributed by atoms with E-state index in [1.54, 1.807) is 0 Å². The molecule has 0 aromatic rings. The fourth-order valence-electron chi connectivity index (χ4n) is 1.84. The van der Waals surface area contributed by atoms with Crippen molar-refractivity contribution in [1.29, 1.82) is 0 Å². The molecule has 0 fully saturated rings.